The number of hydrogen-bond donors (Lipinski definition) is 2. The molecule has 2 N–H and O–H groups in total. The number of phenols is 1. The van der Waals surface area contributed by atoms with E-state index in [1.54, 1.807) is 0 Å². The molecule has 1 heterocycles. The first-order valence-corrected chi connectivity index (χ1v) is 16.3. The monoisotopic (exact) mass is 781 g/mol. The fraction of sp³-hybridized carbons (Fsp3) is 0.0714. The van der Waals surface area contributed by atoms with E-state index in [9.17, 15) is 40.9 Å². The van der Waals surface area contributed by atoms with Crippen molar-refractivity contribution in [3.05, 3.63) is 77.6 Å². The number of rotatable bonds is 10. The molecule has 0 fully saturated rings. The molecule has 5 rings (SSSR count). The van der Waals surface area contributed by atoms with Crippen LogP contribution in [0, 0.1) is 0 Å². The molecule has 23 heteroatoms. The maximum atomic E-state index is 12.2. The van der Waals surface area contributed by atoms with E-state index < -0.39 is 47.4 Å². The number of methoxy groups -OCH3 is 1. The van der Waals surface area contributed by atoms with E-state index in [1.807, 2.05) is 0 Å². The number of carboxylic acid groups (broad SMARTS) is 1. The maximum absolute atomic E-state index is 12.2. The Morgan fingerprint density at radius 2 is 1.53 bits per heavy atom. The van der Waals surface area contributed by atoms with Crippen molar-refractivity contribution in [2.45, 2.75) is 9.79 Å². The molecule has 0 saturated heterocycles. The van der Waals surface area contributed by atoms with Gasteiger partial charge in [-0.25, -0.2) is 16.8 Å². The number of hydrogen-bond acceptors (Lipinski definition) is 17. The van der Waals surface area contributed by atoms with Gasteiger partial charge in [0.1, 0.15) is 31.7 Å². The zero-order valence-corrected chi connectivity index (χ0v) is 35.7. The van der Waals surface area contributed by atoms with Crippen LogP contribution in [0.15, 0.2) is 86.7 Å². The van der Waals surface area contributed by atoms with Crippen LogP contribution in [0.5, 0.6) is 11.5 Å². The summed E-state index contributed by atoms with van der Waals surface area (Å²) in [5.74, 6) is -2.32. The number of benzene rings is 4. The fourth-order valence-corrected chi connectivity index (χ4v) is 5.78. The van der Waals surface area contributed by atoms with Crippen LogP contribution in [0.25, 0.3) is 10.8 Å². The van der Waals surface area contributed by atoms with Gasteiger partial charge in [-0.2, -0.15) is 20.1 Å². The number of azo groups is 1. The number of anilines is 4. The van der Waals surface area contributed by atoms with Crippen LogP contribution in [0.4, 0.5) is 34.6 Å². The molecule has 248 valence electrons. The molecular formula is C28H19ClN7Na3O10S2. The molecule has 1 aromatic heterocycles. The number of nitrogens with one attached hydrogen (secondary N) is 1. The number of fused-ring (bicyclic) bond motifs is 1. The molecule has 17 nitrogen and oxygen atoms in total. The summed E-state index contributed by atoms with van der Waals surface area (Å²) in [7, 11) is -7.38. The van der Waals surface area contributed by atoms with Crippen LogP contribution in [0.3, 0.4) is 0 Å². The molecule has 5 aromatic rings. The van der Waals surface area contributed by atoms with Crippen molar-refractivity contribution in [3.8, 4) is 11.5 Å². The first-order valence-electron chi connectivity index (χ1n) is 13.1. The third-order valence-corrected chi connectivity index (χ3v) is 8.56. The summed E-state index contributed by atoms with van der Waals surface area (Å²) >= 11 is 6.11. The Morgan fingerprint density at radius 1 is 0.882 bits per heavy atom. The molecule has 0 atom stereocenters. The Morgan fingerprint density at radius 3 is 2.12 bits per heavy atom. The maximum Gasteiger partial charge on any atom is 1.00 e. The number of carboxylic acids is 1. The predicted molar refractivity (Wildman–Crippen MR) is 166 cm³/mol. The Bertz CT molecular complexity index is 2360. The van der Waals surface area contributed by atoms with Crippen molar-refractivity contribution in [1.29, 1.82) is 0 Å². The summed E-state index contributed by atoms with van der Waals surface area (Å²) in [5, 5.41) is 32.0. The van der Waals surface area contributed by atoms with Crippen molar-refractivity contribution in [3.63, 3.8) is 0 Å². The summed E-state index contributed by atoms with van der Waals surface area (Å²) < 4.78 is 77.2. The van der Waals surface area contributed by atoms with Crippen LogP contribution < -0.4 is 109 Å². The van der Waals surface area contributed by atoms with Crippen LogP contribution in [-0.2, 0) is 20.2 Å². The smallest absolute Gasteiger partial charge is 0.744 e. The molecule has 0 aliphatic carbocycles. The standard InChI is InChI=1S/C28H22ClN7O10S2.3Na/c1-36(28-32-26(29)31-27(33-28)30-20-10-8-18(46-2)13-21(20)47(40,41)42)17-7-9-19-15(11-17)12-22(48(43,44)45)23(24(19)37)35-34-16-5-3-14(4-6-16)25(38)39;;;/h3-13,37H,1-2H3,(H,38,39)(H,40,41,42)(H,43,44,45)(H,30,31,32,33);;;/q;3*+1/p-3. The molecule has 0 aliphatic heterocycles. The van der Waals surface area contributed by atoms with E-state index >= 15 is 0 Å². The summed E-state index contributed by atoms with van der Waals surface area (Å²) in [6, 6.07) is 13.8. The minimum atomic E-state index is -5.21. The van der Waals surface area contributed by atoms with Crippen LogP contribution in [0.1, 0.15) is 10.4 Å². The van der Waals surface area contributed by atoms with Gasteiger partial charge in [-0.15, -0.1) is 5.11 Å². The van der Waals surface area contributed by atoms with E-state index in [-0.39, 0.29) is 139 Å². The number of aromatic carboxylic acids is 1. The largest absolute Gasteiger partial charge is 1.00 e. The van der Waals surface area contributed by atoms with Gasteiger partial charge < -0.3 is 39.1 Å². The average molecular weight is 782 g/mol. The van der Waals surface area contributed by atoms with Gasteiger partial charge in [0.05, 0.1) is 34.2 Å². The summed E-state index contributed by atoms with van der Waals surface area (Å²) in [5.41, 5.74) is -0.552. The third-order valence-electron chi connectivity index (χ3n) is 6.66. The van der Waals surface area contributed by atoms with Gasteiger partial charge in [-0.3, -0.25) is 0 Å². The number of nitrogens with zero attached hydrogens (tertiary/aromatic N) is 6. The zero-order valence-electron chi connectivity index (χ0n) is 27.4. The second-order valence-electron chi connectivity index (χ2n) is 9.69. The molecule has 0 bridgehead atoms. The molecule has 0 unspecified atom stereocenters. The quantitative estimate of drug-likeness (QED) is 0.0761. The number of aromatic nitrogens is 3. The number of aromatic hydroxyl groups is 1. The van der Waals surface area contributed by atoms with Gasteiger partial charge in [-0.1, -0.05) is 12.1 Å². The van der Waals surface area contributed by atoms with Crippen molar-refractivity contribution >= 4 is 83.2 Å². The number of carbonyl (C=O) groups is 1. The number of halogens is 1. The van der Waals surface area contributed by atoms with Crippen LogP contribution in [-0.4, -0.2) is 66.1 Å². The third kappa shape index (κ3) is 10.6. The Kier molecular flexibility index (Phi) is 15.8. The van der Waals surface area contributed by atoms with E-state index in [1.165, 1.54) is 73.7 Å². The Labute approximate surface area is 361 Å². The molecular weight excluding hydrogens is 763 g/mol. The molecule has 51 heavy (non-hydrogen) atoms. The minimum Gasteiger partial charge on any atom is -0.744 e. The van der Waals surface area contributed by atoms with Gasteiger partial charge >= 0.3 is 88.7 Å². The van der Waals surface area contributed by atoms with Gasteiger partial charge in [0.15, 0.2) is 5.75 Å². The van der Waals surface area contributed by atoms with E-state index in [0.29, 0.717) is 5.69 Å². The second kappa shape index (κ2) is 18.0. The number of phenolic OH excluding ortho intramolecular Hbond substituents is 1. The molecule has 0 aliphatic rings. The van der Waals surface area contributed by atoms with Crippen LogP contribution >= 0.6 is 11.6 Å². The predicted octanol–water partition coefficient (Wildman–Crippen LogP) is -5.50. The van der Waals surface area contributed by atoms with Gasteiger partial charge in [0.25, 0.3) is 0 Å². The normalized spacial score (nSPS) is 11.2. The Hall–Kier alpha value is -2.47. The molecule has 0 saturated carbocycles. The number of ether oxygens (including phenoxy) is 1. The topological polar surface area (TPSA) is 263 Å². The molecule has 0 amide bonds. The zero-order chi connectivity index (χ0) is 35.0. The molecule has 0 radical (unpaired) electrons. The van der Waals surface area contributed by atoms with E-state index in [2.05, 4.69) is 30.5 Å². The summed E-state index contributed by atoms with van der Waals surface area (Å²) in [6.45, 7) is 0. The van der Waals surface area contributed by atoms with Gasteiger partial charge in [0.2, 0.25) is 17.2 Å². The first-order chi connectivity index (χ1) is 22.5. The number of carbonyl (C=O) groups excluding carboxylic acids is 1. The van der Waals surface area contributed by atoms with E-state index in [4.69, 9.17) is 16.3 Å². The molecule has 0 spiro atoms. The Balaban J connectivity index is 0.00000300. The summed E-state index contributed by atoms with van der Waals surface area (Å²) in [4.78, 5) is 23.0. The van der Waals surface area contributed by atoms with E-state index in [0.717, 1.165) is 12.1 Å². The van der Waals surface area contributed by atoms with Crippen molar-refractivity contribution < 1.29 is 134 Å². The SMILES string of the molecule is COc1ccc(Nc2nc(Cl)nc(N(C)c3ccc4c(O)c(N=Nc5ccc(C(=O)[O-])cc5)c(S(=O)(=O)[O-])cc4c3)n2)c(S(=O)(=O)[O-])c1.[Na+].[Na+].[Na+]. The van der Waals surface area contributed by atoms with Gasteiger partial charge in [-0.05, 0) is 77.1 Å². The first kappa shape index (κ1) is 44.7. The fourth-order valence-electron chi connectivity index (χ4n) is 4.33. The van der Waals surface area contributed by atoms with Crippen molar-refractivity contribution in [2.75, 3.05) is 24.4 Å². The minimum absolute atomic E-state index is 0. The average Bonchev–Trinajstić information content (AvgIpc) is 3.02. The molecule has 4 aromatic carbocycles. The summed E-state index contributed by atoms with van der Waals surface area (Å²) in [6.07, 6.45) is 0. The van der Waals surface area contributed by atoms with Gasteiger partial charge in [0, 0.05) is 18.1 Å². The van der Waals surface area contributed by atoms with Crippen molar-refractivity contribution in [2.24, 2.45) is 10.2 Å². The second-order valence-corrected chi connectivity index (χ2v) is 12.7. The van der Waals surface area contributed by atoms with Crippen LogP contribution in [0.2, 0.25) is 5.28 Å². The van der Waals surface area contributed by atoms with Crippen molar-refractivity contribution in [1.82, 2.24) is 15.0 Å².